The van der Waals surface area contributed by atoms with Crippen LogP contribution < -0.4 is 11.1 Å². The van der Waals surface area contributed by atoms with Crippen LogP contribution in [0, 0.1) is 0 Å². The molecular weight excluding hydrogens is 252 g/mol. The molecule has 1 aliphatic rings. The lowest BCUT2D eigenvalue weighted by molar-refractivity contribution is 0.0998. The molecule has 5 nitrogen and oxygen atoms in total. The number of amides is 1. The van der Waals surface area contributed by atoms with Gasteiger partial charge in [0.1, 0.15) is 0 Å². The van der Waals surface area contributed by atoms with Crippen molar-refractivity contribution in [1.29, 1.82) is 0 Å². The number of hydrogen-bond acceptors (Lipinski definition) is 3. The number of carbonyl (C=O) groups is 1. The van der Waals surface area contributed by atoms with E-state index in [1.54, 1.807) is 10.9 Å². The molecule has 0 aliphatic carbocycles. The van der Waals surface area contributed by atoms with Crippen LogP contribution in [0.2, 0.25) is 0 Å². The van der Waals surface area contributed by atoms with Gasteiger partial charge in [-0.05, 0) is 31.5 Å². The summed E-state index contributed by atoms with van der Waals surface area (Å²) >= 11 is 0. The van der Waals surface area contributed by atoms with Gasteiger partial charge in [0.15, 0.2) is 0 Å². The molecule has 3 N–H and O–H groups in total. The predicted octanol–water partition coefficient (Wildman–Crippen LogP) is 1.44. The van der Waals surface area contributed by atoms with E-state index in [1.807, 2.05) is 30.3 Å². The molecule has 2 heterocycles. The molecule has 20 heavy (non-hydrogen) atoms. The predicted molar refractivity (Wildman–Crippen MR) is 76.9 cm³/mol. The van der Waals surface area contributed by atoms with Crippen molar-refractivity contribution in [2.75, 3.05) is 13.1 Å². The molecule has 2 aromatic rings. The van der Waals surface area contributed by atoms with Crippen LogP contribution in [-0.2, 0) is 0 Å². The fraction of sp³-hybridized carbons (Fsp3) is 0.333. The fourth-order valence-corrected chi connectivity index (χ4v) is 2.68. The average Bonchev–Trinajstić information content (AvgIpc) is 2.94. The fourth-order valence-electron chi connectivity index (χ4n) is 2.68. The van der Waals surface area contributed by atoms with E-state index in [0.29, 0.717) is 5.56 Å². The zero-order chi connectivity index (χ0) is 13.9. The van der Waals surface area contributed by atoms with Gasteiger partial charge in [-0.2, -0.15) is 5.10 Å². The standard InChI is InChI=1S/C15H18N4O/c16-15(20)13-10-19(12-6-2-1-3-7-12)18-14(13)11-5-4-8-17-9-11/h1-3,6-7,10-11,17H,4-5,8-9H2,(H2,16,20). The minimum absolute atomic E-state index is 0.260. The summed E-state index contributed by atoms with van der Waals surface area (Å²) in [6.45, 7) is 1.88. The van der Waals surface area contributed by atoms with Gasteiger partial charge < -0.3 is 11.1 Å². The lowest BCUT2D eigenvalue weighted by Crippen LogP contribution is -2.29. The van der Waals surface area contributed by atoms with Gasteiger partial charge >= 0.3 is 0 Å². The Bertz CT molecular complexity index is 600. The minimum Gasteiger partial charge on any atom is -0.365 e. The summed E-state index contributed by atoms with van der Waals surface area (Å²) in [7, 11) is 0. The lowest BCUT2D eigenvalue weighted by atomic mass is 9.94. The number of rotatable bonds is 3. The highest BCUT2D eigenvalue weighted by Gasteiger charge is 2.24. The van der Waals surface area contributed by atoms with Crippen molar-refractivity contribution in [2.45, 2.75) is 18.8 Å². The Balaban J connectivity index is 2.00. The van der Waals surface area contributed by atoms with E-state index >= 15 is 0 Å². The summed E-state index contributed by atoms with van der Waals surface area (Å²) in [6, 6.07) is 9.76. The number of piperidine rings is 1. The third kappa shape index (κ3) is 2.44. The highest BCUT2D eigenvalue weighted by molar-refractivity contribution is 5.94. The molecule has 1 unspecified atom stereocenters. The maximum Gasteiger partial charge on any atom is 0.252 e. The highest BCUT2D eigenvalue weighted by Crippen LogP contribution is 2.25. The smallest absolute Gasteiger partial charge is 0.252 e. The number of hydrogen-bond donors (Lipinski definition) is 2. The van der Waals surface area contributed by atoms with Crippen LogP contribution in [0.15, 0.2) is 36.5 Å². The number of carbonyl (C=O) groups excluding carboxylic acids is 1. The van der Waals surface area contributed by atoms with Gasteiger partial charge in [-0.25, -0.2) is 4.68 Å². The molecule has 1 aromatic heterocycles. The molecule has 1 fully saturated rings. The summed E-state index contributed by atoms with van der Waals surface area (Å²) in [6.07, 6.45) is 3.88. The first-order valence-electron chi connectivity index (χ1n) is 6.91. The van der Waals surface area contributed by atoms with Gasteiger partial charge in [-0.1, -0.05) is 18.2 Å². The molecule has 0 spiro atoms. The second-order valence-electron chi connectivity index (χ2n) is 5.12. The van der Waals surface area contributed by atoms with E-state index in [-0.39, 0.29) is 5.92 Å². The maximum atomic E-state index is 11.7. The largest absolute Gasteiger partial charge is 0.365 e. The Hall–Kier alpha value is -2.14. The third-order valence-corrected chi connectivity index (χ3v) is 3.71. The Kier molecular flexibility index (Phi) is 3.52. The van der Waals surface area contributed by atoms with Gasteiger partial charge in [0.2, 0.25) is 0 Å². The first-order chi connectivity index (χ1) is 9.75. The van der Waals surface area contributed by atoms with Gasteiger partial charge in [-0.15, -0.1) is 0 Å². The number of primary amides is 1. The maximum absolute atomic E-state index is 11.7. The average molecular weight is 270 g/mol. The van der Waals surface area contributed by atoms with E-state index in [4.69, 9.17) is 5.73 Å². The van der Waals surface area contributed by atoms with Crippen LogP contribution in [0.5, 0.6) is 0 Å². The van der Waals surface area contributed by atoms with Crippen molar-refractivity contribution >= 4 is 5.91 Å². The van der Waals surface area contributed by atoms with Gasteiger partial charge in [0.05, 0.1) is 16.9 Å². The SMILES string of the molecule is NC(=O)c1cn(-c2ccccc2)nc1C1CCCNC1. The summed E-state index contributed by atoms with van der Waals surface area (Å²) in [4.78, 5) is 11.7. The van der Waals surface area contributed by atoms with Crippen LogP contribution >= 0.6 is 0 Å². The normalized spacial score (nSPS) is 18.9. The summed E-state index contributed by atoms with van der Waals surface area (Å²) in [5.74, 6) is -0.149. The Morgan fingerprint density at radius 2 is 2.15 bits per heavy atom. The van der Waals surface area contributed by atoms with Crippen molar-refractivity contribution < 1.29 is 4.79 Å². The number of aromatic nitrogens is 2. The molecule has 1 atom stereocenters. The number of benzene rings is 1. The van der Waals surface area contributed by atoms with Crippen LogP contribution in [0.4, 0.5) is 0 Å². The Morgan fingerprint density at radius 1 is 1.35 bits per heavy atom. The third-order valence-electron chi connectivity index (χ3n) is 3.71. The number of nitrogens with zero attached hydrogens (tertiary/aromatic N) is 2. The quantitative estimate of drug-likeness (QED) is 0.886. The Morgan fingerprint density at radius 3 is 2.80 bits per heavy atom. The monoisotopic (exact) mass is 270 g/mol. The highest BCUT2D eigenvalue weighted by atomic mass is 16.1. The van der Waals surface area contributed by atoms with Gasteiger partial charge in [0, 0.05) is 18.7 Å². The lowest BCUT2D eigenvalue weighted by Gasteiger charge is -2.21. The molecule has 1 saturated heterocycles. The molecule has 5 heteroatoms. The number of nitrogens with two attached hydrogens (primary N) is 1. The second-order valence-corrected chi connectivity index (χ2v) is 5.12. The first kappa shape index (κ1) is 12.9. The molecule has 104 valence electrons. The van der Waals surface area contributed by atoms with Crippen molar-refractivity contribution in [1.82, 2.24) is 15.1 Å². The van der Waals surface area contributed by atoms with Crippen LogP contribution in [-0.4, -0.2) is 28.8 Å². The molecule has 3 rings (SSSR count). The van der Waals surface area contributed by atoms with Crippen LogP contribution in [0.25, 0.3) is 5.69 Å². The van der Waals surface area contributed by atoms with E-state index < -0.39 is 5.91 Å². The van der Waals surface area contributed by atoms with Crippen molar-refractivity contribution in [3.63, 3.8) is 0 Å². The van der Waals surface area contributed by atoms with Crippen molar-refractivity contribution in [2.24, 2.45) is 5.73 Å². The first-order valence-corrected chi connectivity index (χ1v) is 6.91. The van der Waals surface area contributed by atoms with E-state index in [0.717, 1.165) is 37.3 Å². The van der Waals surface area contributed by atoms with Gasteiger partial charge in [-0.3, -0.25) is 4.79 Å². The van der Waals surface area contributed by atoms with Gasteiger partial charge in [0.25, 0.3) is 5.91 Å². The zero-order valence-corrected chi connectivity index (χ0v) is 11.2. The molecule has 1 amide bonds. The van der Waals surface area contributed by atoms with E-state index in [2.05, 4.69) is 10.4 Å². The van der Waals surface area contributed by atoms with Crippen molar-refractivity contribution in [3.05, 3.63) is 47.8 Å². The molecule has 1 aromatic carbocycles. The Labute approximate surface area is 117 Å². The number of nitrogens with one attached hydrogen (secondary N) is 1. The molecule has 0 saturated carbocycles. The minimum atomic E-state index is -0.409. The van der Waals surface area contributed by atoms with Crippen LogP contribution in [0.3, 0.4) is 0 Å². The molecule has 0 bridgehead atoms. The second kappa shape index (κ2) is 5.46. The van der Waals surface area contributed by atoms with E-state index in [9.17, 15) is 4.79 Å². The zero-order valence-electron chi connectivity index (χ0n) is 11.2. The van der Waals surface area contributed by atoms with Crippen LogP contribution in [0.1, 0.15) is 34.8 Å². The molecule has 1 aliphatic heterocycles. The summed E-state index contributed by atoms with van der Waals surface area (Å²) < 4.78 is 1.74. The summed E-state index contributed by atoms with van der Waals surface area (Å²) in [5.41, 5.74) is 7.78. The molecular formula is C15H18N4O. The number of para-hydroxylation sites is 1. The topological polar surface area (TPSA) is 72.9 Å². The van der Waals surface area contributed by atoms with E-state index in [1.165, 1.54) is 0 Å². The van der Waals surface area contributed by atoms with Crippen molar-refractivity contribution in [3.8, 4) is 5.69 Å². The summed E-state index contributed by atoms with van der Waals surface area (Å²) in [5, 5.41) is 7.95. The molecule has 0 radical (unpaired) electrons.